The van der Waals surface area contributed by atoms with E-state index in [0.717, 1.165) is 20.9 Å². The van der Waals surface area contributed by atoms with E-state index in [1.54, 1.807) is 17.9 Å². The van der Waals surface area contributed by atoms with Gasteiger partial charge in [-0.3, -0.25) is 4.98 Å². The summed E-state index contributed by atoms with van der Waals surface area (Å²) in [5.74, 6) is 0. The molecule has 1 atom stereocenters. The summed E-state index contributed by atoms with van der Waals surface area (Å²) in [7, 11) is 1.74. The van der Waals surface area contributed by atoms with Crippen LogP contribution in [-0.4, -0.2) is 25.1 Å². The maximum atomic E-state index is 10.6. The second-order valence-corrected chi connectivity index (χ2v) is 5.93. The van der Waals surface area contributed by atoms with Crippen molar-refractivity contribution in [2.24, 2.45) is 7.05 Å². The highest BCUT2D eigenvalue weighted by Crippen LogP contribution is 2.33. The summed E-state index contributed by atoms with van der Waals surface area (Å²) in [6.07, 6.45) is 0.858. The van der Waals surface area contributed by atoms with Crippen molar-refractivity contribution in [3.63, 3.8) is 0 Å². The van der Waals surface area contributed by atoms with E-state index in [0.29, 0.717) is 10.3 Å². The van der Waals surface area contributed by atoms with Crippen molar-refractivity contribution in [3.05, 3.63) is 50.8 Å². The summed E-state index contributed by atoms with van der Waals surface area (Å²) in [5.41, 5.74) is 2.07. The lowest BCUT2D eigenvalue weighted by Crippen LogP contribution is -2.08. The third kappa shape index (κ3) is 2.15. The summed E-state index contributed by atoms with van der Waals surface area (Å²) in [6, 6.07) is 7.58. The zero-order chi connectivity index (χ0) is 14.3. The van der Waals surface area contributed by atoms with Crippen LogP contribution in [-0.2, 0) is 7.05 Å². The molecule has 5 nitrogen and oxygen atoms in total. The molecule has 1 unspecified atom stereocenters. The Hall–Kier alpha value is -1.31. The van der Waals surface area contributed by atoms with E-state index in [1.165, 1.54) is 0 Å². The minimum absolute atomic E-state index is 0.527. The highest BCUT2D eigenvalue weighted by atomic mass is 79.9. The molecule has 0 radical (unpaired) electrons. The second kappa shape index (κ2) is 5.23. The topological polar surface area (TPSA) is 63.8 Å². The monoisotopic (exact) mass is 396 g/mol. The van der Waals surface area contributed by atoms with E-state index in [-0.39, 0.29) is 0 Å². The molecule has 0 saturated heterocycles. The smallest absolute Gasteiger partial charge is 0.154 e. The normalized spacial score (nSPS) is 12.8. The van der Waals surface area contributed by atoms with Gasteiger partial charge in [0.1, 0.15) is 11.8 Å². The van der Waals surface area contributed by atoms with Crippen LogP contribution in [0.5, 0.6) is 0 Å². The summed E-state index contributed by atoms with van der Waals surface area (Å²) < 4.78 is 3.02. The zero-order valence-electron chi connectivity index (χ0n) is 10.5. The van der Waals surface area contributed by atoms with Crippen LogP contribution in [0, 0.1) is 0 Å². The number of rotatable bonds is 2. The predicted molar refractivity (Wildman–Crippen MR) is 82.2 cm³/mol. The van der Waals surface area contributed by atoms with Gasteiger partial charge in [-0.15, -0.1) is 5.10 Å². The minimum atomic E-state index is -0.852. The fraction of sp³-hybridized carbons (Fsp3) is 0.154. The van der Waals surface area contributed by atoms with Crippen LogP contribution in [0.1, 0.15) is 17.4 Å². The molecule has 2 heterocycles. The average molecular weight is 398 g/mol. The van der Waals surface area contributed by atoms with Crippen LogP contribution in [0.3, 0.4) is 0 Å². The van der Waals surface area contributed by atoms with E-state index in [9.17, 15) is 5.11 Å². The molecule has 0 amide bonds. The number of fused-ring (bicyclic) bond motifs is 1. The zero-order valence-corrected chi connectivity index (χ0v) is 13.6. The van der Waals surface area contributed by atoms with Crippen molar-refractivity contribution < 1.29 is 5.11 Å². The first-order valence-corrected chi connectivity index (χ1v) is 7.44. The lowest BCUT2D eigenvalue weighted by molar-refractivity contribution is 0.210. The standard InChI is InChI=1S/C13H10Br2N4O/c1-19-11(13(15)17-18-19)12(20)8-4-5-9(14)7-3-2-6-16-10(7)8/h2-6,12,20H,1H3. The van der Waals surface area contributed by atoms with Gasteiger partial charge in [0.05, 0.1) is 5.52 Å². The van der Waals surface area contributed by atoms with Crippen molar-refractivity contribution in [1.82, 2.24) is 20.0 Å². The summed E-state index contributed by atoms with van der Waals surface area (Å²) >= 11 is 6.81. The SMILES string of the molecule is Cn1nnc(Br)c1C(O)c1ccc(Br)c2cccnc12. The number of aliphatic hydroxyl groups is 1. The Labute approximate surface area is 131 Å². The Balaban J connectivity index is 2.23. The molecule has 0 aliphatic carbocycles. The fourth-order valence-electron chi connectivity index (χ4n) is 2.16. The molecular formula is C13H10Br2N4O. The molecule has 3 rings (SSSR count). The maximum absolute atomic E-state index is 10.6. The van der Waals surface area contributed by atoms with Crippen molar-refractivity contribution in [3.8, 4) is 0 Å². The minimum Gasteiger partial charge on any atom is -0.382 e. The van der Waals surface area contributed by atoms with E-state index in [4.69, 9.17) is 0 Å². The van der Waals surface area contributed by atoms with Gasteiger partial charge in [-0.05, 0) is 28.1 Å². The van der Waals surface area contributed by atoms with Crippen LogP contribution in [0.2, 0.25) is 0 Å². The first kappa shape index (κ1) is 13.7. The third-order valence-corrected chi connectivity index (χ3v) is 4.38. The number of aromatic nitrogens is 4. The van der Waals surface area contributed by atoms with Crippen LogP contribution < -0.4 is 0 Å². The van der Waals surface area contributed by atoms with Gasteiger partial charge in [-0.2, -0.15) is 0 Å². The van der Waals surface area contributed by atoms with Gasteiger partial charge in [0.15, 0.2) is 4.60 Å². The molecule has 20 heavy (non-hydrogen) atoms. The Bertz CT molecular complexity index is 768. The van der Waals surface area contributed by atoms with Crippen molar-refractivity contribution in [1.29, 1.82) is 0 Å². The second-order valence-electron chi connectivity index (χ2n) is 4.33. The molecule has 0 bridgehead atoms. The lowest BCUT2D eigenvalue weighted by atomic mass is 10.0. The van der Waals surface area contributed by atoms with Crippen LogP contribution >= 0.6 is 31.9 Å². The van der Waals surface area contributed by atoms with E-state index in [1.807, 2.05) is 24.3 Å². The third-order valence-electron chi connectivity index (χ3n) is 3.13. The molecule has 1 aromatic carbocycles. The Kier molecular flexibility index (Phi) is 3.57. The van der Waals surface area contributed by atoms with Crippen LogP contribution in [0.15, 0.2) is 39.5 Å². The molecule has 0 spiro atoms. The summed E-state index contributed by atoms with van der Waals surface area (Å²) in [5, 5.41) is 19.4. The molecule has 3 aromatic rings. The molecule has 0 aliphatic heterocycles. The fourth-order valence-corrected chi connectivity index (χ4v) is 3.15. The molecule has 0 fully saturated rings. The van der Waals surface area contributed by atoms with Gasteiger partial charge in [-0.25, -0.2) is 4.68 Å². The summed E-state index contributed by atoms with van der Waals surface area (Å²) in [6.45, 7) is 0. The van der Waals surface area contributed by atoms with Crippen molar-refractivity contribution >= 4 is 42.8 Å². The quantitative estimate of drug-likeness (QED) is 0.721. The van der Waals surface area contributed by atoms with Gasteiger partial charge in [0, 0.05) is 28.7 Å². The van der Waals surface area contributed by atoms with Gasteiger partial charge >= 0.3 is 0 Å². The molecule has 0 aliphatic rings. The molecule has 7 heteroatoms. The lowest BCUT2D eigenvalue weighted by Gasteiger charge is -2.14. The molecule has 102 valence electrons. The number of halogens is 2. The number of hydrogen-bond acceptors (Lipinski definition) is 4. The van der Waals surface area contributed by atoms with Crippen molar-refractivity contribution in [2.75, 3.05) is 0 Å². The van der Waals surface area contributed by atoms with Crippen LogP contribution in [0.25, 0.3) is 10.9 Å². The van der Waals surface area contributed by atoms with E-state index < -0.39 is 6.10 Å². The molecule has 2 aromatic heterocycles. The van der Waals surface area contributed by atoms with Gasteiger partial charge in [0.25, 0.3) is 0 Å². The highest BCUT2D eigenvalue weighted by molar-refractivity contribution is 9.10. The molecular weight excluding hydrogens is 388 g/mol. The van der Waals surface area contributed by atoms with Crippen LogP contribution in [0.4, 0.5) is 0 Å². The predicted octanol–water partition coefficient (Wildman–Crippen LogP) is 2.97. The van der Waals surface area contributed by atoms with Gasteiger partial charge in [0.2, 0.25) is 0 Å². The largest absolute Gasteiger partial charge is 0.382 e. The Morgan fingerprint density at radius 1 is 1.25 bits per heavy atom. The number of benzene rings is 1. The average Bonchev–Trinajstić information content (AvgIpc) is 2.78. The molecule has 0 saturated carbocycles. The Morgan fingerprint density at radius 2 is 2.05 bits per heavy atom. The highest BCUT2D eigenvalue weighted by Gasteiger charge is 2.22. The molecule has 1 N–H and O–H groups in total. The number of nitrogens with zero attached hydrogens (tertiary/aromatic N) is 4. The first-order valence-electron chi connectivity index (χ1n) is 5.86. The maximum Gasteiger partial charge on any atom is 0.154 e. The summed E-state index contributed by atoms with van der Waals surface area (Å²) in [4.78, 5) is 4.38. The number of aryl methyl sites for hydroxylation is 1. The van der Waals surface area contributed by atoms with Gasteiger partial charge in [-0.1, -0.05) is 33.3 Å². The number of hydrogen-bond donors (Lipinski definition) is 1. The number of aliphatic hydroxyl groups excluding tert-OH is 1. The van der Waals surface area contributed by atoms with Gasteiger partial charge < -0.3 is 5.11 Å². The van der Waals surface area contributed by atoms with E-state index >= 15 is 0 Å². The van der Waals surface area contributed by atoms with E-state index in [2.05, 4.69) is 47.2 Å². The first-order chi connectivity index (χ1) is 9.59. The van der Waals surface area contributed by atoms with Crippen molar-refractivity contribution in [2.45, 2.75) is 6.10 Å². The Morgan fingerprint density at radius 3 is 2.75 bits per heavy atom. The number of pyridine rings is 1.